The van der Waals surface area contributed by atoms with Gasteiger partial charge in [-0.15, -0.1) is 0 Å². The van der Waals surface area contributed by atoms with Crippen LogP contribution in [0.25, 0.3) is 0 Å². The van der Waals surface area contributed by atoms with Crippen LogP contribution < -0.4 is 0 Å². The molecule has 2 nitrogen and oxygen atoms in total. The van der Waals surface area contributed by atoms with Crippen molar-refractivity contribution >= 4 is 0 Å². The van der Waals surface area contributed by atoms with E-state index in [1.807, 2.05) is 0 Å². The minimum atomic E-state index is 0.365. The second-order valence-corrected chi connectivity index (χ2v) is 20.9. The number of hydrogen-bond donors (Lipinski definition) is 0. The van der Waals surface area contributed by atoms with Crippen LogP contribution in [0.4, 0.5) is 0 Å². The SMILES string of the molecule is C=C1C=C[C@@]2(C)[C@@H](CC[C@@H]3[C@@H]2CC[C@]2(C)[C@@H](OC(C)C)CC[C@@H]32)C1.C=C1C[C@@H]2CC[C@@H]3[C@H](CC[C@]4(C)[C@@H](OC(C)C)CC[C@@H]34)[C@@]2(C)C[C@H]1C. The van der Waals surface area contributed by atoms with Crippen molar-refractivity contribution in [3.63, 3.8) is 0 Å². The maximum atomic E-state index is 6.41. The Morgan fingerprint density at radius 3 is 1.69 bits per heavy atom. The first kappa shape index (κ1) is 36.5. The first-order chi connectivity index (χ1) is 23.1. The van der Waals surface area contributed by atoms with Gasteiger partial charge in [-0.1, -0.05) is 71.1 Å². The lowest BCUT2D eigenvalue weighted by molar-refractivity contribution is -0.137. The molecule has 7 fully saturated rings. The fraction of sp³-hybridized carbons (Fsp3) is 0.872. The zero-order chi connectivity index (χ0) is 35.1. The number of rotatable bonds is 4. The van der Waals surface area contributed by atoms with Crippen LogP contribution in [0.15, 0.2) is 36.5 Å². The minimum Gasteiger partial charge on any atom is -0.375 e. The molecule has 0 saturated heterocycles. The van der Waals surface area contributed by atoms with Crippen molar-refractivity contribution < 1.29 is 9.47 Å². The fourth-order valence-electron chi connectivity index (χ4n) is 15.3. The van der Waals surface area contributed by atoms with Gasteiger partial charge in [0.25, 0.3) is 0 Å². The zero-order valence-corrected chi connectivity index (χ0v) is 33.5. The van der Waals surface area contributed by atoms with E-state index >= 15 is 0 Å². The number of ether oxygens (including phenoxy) is 2. The van der Waals surface area contributed by atoms with Crippen LogP contribution in [0, 0.1) is 74.9 Å². The quantitative estimate of drug-likeness (QED) is 0.277. The predicted octanol–water partition coefficient (Wildman–Crippen LogP) is 12.8. The second-order valence-electron chi connectivity index (χ2n) is 20.9. The summed E-state index contributed by atoms with van der Waals surface area (Å²) in [5.74, 6) is 7.99. The van der Waals surface area contributed by atoms with Gasteiger partial charge in [0.2, 0.25) is 0 Å². The highest BCUT2D eigenvalue weighted by Crippen LogP contribution is 2.68. The van der Waals surface area contributed by atoms with E-state index in [1.54, 1.807) is 0 Å². The number of hydrogen-bond acceptors (Lipinski definition) is 2. The topological polar surface area (TPSA) is 18.5 Å². The van der Waals surface area contributed by atoms with Crippen LogP contribution in [0.5, 0.6) is 0 Å². The third kappa shape index (κ3) is 6.04. The standard InChI is InChI=1S/C24H40O.C23H36O/c1-15(2)25-22-10-9-20-19-8-7-18-13-16(3)17(4)14-24(18,6)21(19)11-12-23(20,22)5;1-15(2)24-21-9-8-19-18-7-6-17-14-16(3)10-12-22(17,4)20(18)11-13-23(19,21)5/h15,17-22H,3,7-14H2,1-2,4-6H3;10,12,15,17-21H,3,6-9,11,13-14H2,1-2,4-5H3/t17-,18+,19+,20+,21+,22+,23+,24+;17-,18-,19-,20-,21-,22-,23-/m10/s1. The summed E-state index contributed by atoms with van der Waals surface area (Å²) in [5, 5.41) is 0. The van der Waals surface area contributed by atoms with Gasteiger partial charge in [-0.2, -0.15) is 0 Å². The van der Waals surface area contributed by atoms with Crippen LogP contribution in [-0.2, 0) is 9.47 Å². The highest BCUT2D eigenvalue weighted by Gasteiger charge is 2.62. The molecule has 0 radical (unpaired) electrons. The van der Waals surface area contributed by atoms with Crippen LogP contribution in [0.2, 0.25) is 0 Å². The Labute approximate surface area is 303 Å². The Balaban J connectivity index is 0.000000154. The largest absolute Gasteiger partial charge is 0.375 e. The summed E-state index contributed by atoms with van der Waals surface area (Å²) in [5.41, 5.74) is 4.75. The molecule has 0 amide bonds. The first-order valence-electron chi connectivity index (χ1n) is 21.5. The summed E-state index contributed by atoms with van der Waals surface area (Å²) in [6, 6.07) is 0. The average Bonchev–Trinajstić information content (AvgIpc) is 3.54. The molecule has 0 aromatic carbocycles. The molecule has 0 aromatic heterocycles. The van der Waals surface area contributed by atoms with Crippen LogP contribution in [0.1, 0.15) is 159 Å². The summed E-state index contributed by atoms with van der Waals surface area (Å²) >= 11 is 0. The highest BCUT2D eigenvalue weighted by atomic mass is 16.5. The molecule has 0 heterocycles. The Kier molecular flexibility index (Phi) is 9.84. The normalized spacial score (nSPS) is 51.6. The van der Waals surface area contributed by atoms with Crippen molar-refractivity contribution in [3.05, 3.63) is 36.5 Å². The van der Waals surface area contributed by atoms with E-state index in [1.165, 1.54) is 107 Å². The second kappa shape index (κ2) is 13.2. The molecule has 8 aliphatic carbocycles. The van der Waals surface area contributed by atoms with Crippen molar-refractivity contribution in [1.82, 2.24) is 0 Å². The lowest BCUT2D eigenvalue weighted by atomic mass is 9.44. The fourth-order valence-corrected chi connectivity index (χ4v) is 15.3. The summed E-state index contributed by atoms with van der Waals surface area (Å²) in [6.07, 6.45) is 27.4. The third-order valence-corrected chi connectivity index (χ3v) is 17.9. The van der Waals surface area contributed by atoms with E-state index < -0.39 is 0 Å². The Morgan fingerprint density at radius 2 is 1.12 bits per heavy atom. The summed E-state index contributed by atoms with van der Waals surface area (Å²) in [7, 11) is 0. The van der Waals surface area contributed by atoms with Gasteiger partial charge >= 0.3 is 0 Å². The summed E-state index contributed by atoms with van der Waals surface area (Å²) in [6.45, 7) is 30.3. The molecule has 15 atom stereocenters. The minimum absolute atomic E-state index is 0.365. The van der Waals surface area contributed by atoms with Gasteiger partial charge < -0.3 is 9.47 Å². The van der Waals surface area contributed by atoms with Crippen molar-refractivity contribution in [1.29, 1.82) is 0 Å². The molecule has 0 spiro atoms. The first-order valence-corrected chi connectivity index (χ1v) is 21.5. The molecule has 49 heavy (non-hydrogen) atoms. The van der Waals surface area contributed by atoms with E-state index in [0.717, 1.165) is 53.3 Å². The number of allylic oxidation sites excluding steroid dienone is 4. The van der Waals surface area contributed by atoms with Gasteiger partial charge in [-0.3, -0.25) is 0 Å². The molecule has 0 bridgehead atoms. The summed E-state index contributed by atoms with van der Waals surface area (Å²) < 4.78 is 12.8. The van der Waals surface area contributed by atoms with E-state index in [4.69, 9.17) is 9.47 Å². The molecule has 2 heteroatoms. The average molecular weight is 673 g/mol. The van der Waals surface area contributed by atoms with E-state index in [9.17, 15) is 0 Å². The van der Waals surface area contributed by atoms with Crippen molar-refractivity contribution in [2.24, 2.45) is 74.9 Å². The van der Waals surface area contributed by atoms with Crippen LogP contribution in [-0.4, -0.2) is 24.4 Å². The van der Waals surface area contributed by atoms with Gasteiger partial charge in [0.15, 0.2) is 0 Å². The molecular formula is C47H76O2. The van der Waals surface area contributed by atoms with Gasteiger partial charge in [-0.25, -0.2) is 0 Å². The van der Waals surface area contributed by atoms with Crippen LogP contribution in [0.3, 0.4) is 0 Å². The molecule has 0 N–H and O–H groups in total. The van der Waals surface area contributed by atoms with Gasteiger partial charge in [0, 0.05) is 0 Å². The smallest absolute Gasteiger partial charge is 0.0635 e. The molecule has 0 aliphatic heterocycles. The maximum absolute atomic E-state index is 6.41. The predicted molar refractivity (Wildman–Crippen MR) is 206 cm³/mol. The number of fused-ring (bicyclic) bond motifs is 10. The van der Waals surface area contributed by atoms with Crippen LogP contribution >= 0.6 is 0 Å². The van der Waals surface area contributed by atoms with Crippen molar-refractivity contribution in [2.75, 3.05) is 0 Å². The summed E-state index contributed by atoms with van der Waals surface area (Å²) in [4.78, 5) is 0. The van der Waals surface area contributed by atoms with Gasteiger partial charge in [0.05, 0.1) is 24.4 Å². The molecule has 8 aliphatic rings. The lowest BCUT2D eigenvalue weighted by Gasteiger charge is -2.61. The van der Waals surface area contributed by atoms with E-state index in [0.29, 0.717) is 46.1 Å². The monoisotopic (exact) mass is 673 g/mol. The Hall–Kier alpha value is -0.860. The molecule has 8 rings (SSSR count). The molecule has 0 aromatic rings. The zero-order valence-electron chi connectivity index (χ0n) is 33.5. The highest BCUT2D eigenvalue weighted by molar-refractivity contribution is 5.27. The van der Waals surface area contributed by atoms with Crippen molar-refractivity contribution in [2.45, 2.75) is 183 Å². The molecule has 276 valence electrons. The maximum Gasteiger partial charge on any atom is 0.0635 e. The Morgan fingerprint density at radius 1 is 0.612 bits per heavy atom. The Bertz CT molecular complexity index is 1280. The van der Waals surface area contributed by atoms with E-state index in [-0.39, 0.29) is 0 Å². The lowest BCUT2D eigenvalue weighted by Crippen LogP contribution is -2.54. The van der Waals surface area contributed by atoms with Crippen molar-refractivity contribution in [3.8, 4) is 0 Å². The molecule has 0 unspecified atom stereocenters. The third-order valence-electron chi connectivity index (χ3n) is 17.9. The molecular weight excluding hydrogens is 597 g/mol. The van der Waals surface area contributed by atoms with Gasteiger partial charge in [0.1, 0.15) is 0 Å². The van der Waals surface area contributed by atoms with E-state index in [2.05, 4.69) is 87.6 Å². The molecule has 7 saturated carbocycles. The van der Waals surface area contributed by atoms with Gasteiger partial charge in [-0.05, 0) is 199 Å².